The molecule has 0 radical (unpaired) electrons. The monoisotopic (exact) mass is 383 g/mol. The SMILES string of the molecule is CCCCCCOc1ccc2ccccc2c1CN1CCN(CCCN)CC1. The van der Waals surface area contributed by atoms with Crippen LogP contribution in [0.3, 0.4) is 0 Å². The van der Waals surface area contributed by atoms with E-state index in [0.717, 1.165) is 71.0 Å². The maximum absolute atomic E-state index is 6.26. The third-order valence-electron chi connectivity index (χ3n) is 5.78. The van der Waals surface area contributed by atoms with Crippen LogP contribution in [0.2, 0.25) is 0 Å². The highest BCUT2D eigenvalue weighted by Crippen LogP contribution is 2.30. The Hall–Kier alpha value is -1.62. The van der Waals surface area contributed by atoms with E-state index in [1.54, 1.807) is 0 Å². The number of ether oxygens (including phenoxy) is 1. The lowest BCUT2D eigenvalue weighted by Crippen LogP contribution is -2.46. The molecule has 154 valence electrons. The Morgan fingerprint density at radius 1 is 0.893 bits per heavy atom. The molecule has 28 heavy (non-hydrogen) atoms. The topological polar surface area (TPSA) is 41.7 Å². The van der Waals surface area contributed by atoms with Gasteiger partial charge < -0.3 is 15.4 Å². The van der Waals surface area contributed by atoms with Crippen molar-refractivity contribution in [2.24, 2.45) is 5.73 Å². The van der Waals surface area contributed by atoms with E-state index < -0.39 is 0 Å². The first-order valence-corrected chi connectivity index (χ1v) is 11.1. The van der Waals surface area contributed by atoms with Crippen LogP contribution in [-0.4, -0.2) is 55.7 Å². The smallest absolute Gasteiger partial charge is 0.124 e. The first kappa shape index (κ1) is 21.1. The maximum atomic E-state index is 6.26. The maximum Gasteiger partial charge on any atom is 0.124 e. The molecule has 2 N–H and O–H groups in total. The zero-order chi connectivity index (χ0) is 19.6. The molecule has 0 atom stereocenters. The molecule has 1 aliphatic heterocycles. The quantitative estimate of drug-likeness (QED) is 0.589. The van der Waals surface area contributed by atoms with Gasteiger partial charge in [0, 0.05) is 38.3 Å². The van der Waals surface area contributed by atoms with Gasteiger partial charge in [-0.3, -0.25) is 4.90 Å². The Labute approximate surface area is 170 Å². The minimum atomic E-state index is 0.787. The number of nitrogens with zero attached hydrogens (tertiary/aromatic N) is 2. The molecule has 1 aliphatic rings. The van der Waals surface area contributed by atoms with E-state index in [1.165, 1.54) is 35.6 Å². The van der Waals surface area contributed by atoms with Gasteiger partial charge in [0.2, 0.25) is 0 Å². The van der Waals surface area contributed by atoms with Crippen molar-refractivity contribution in [1.82, 2.24) is 9.80 Å². The molecule has 1 saturated heterocycles. The van der Waals surface area contributed by atoms with E-state index in [9.17, 15) is 0 Å². The second-order valence-corrected chi connectivity index (χ2v) is 7.93. The Morgan fingerprint density at radius 2 is 1.68 bits per heavy atom. The lowest BCUT2D eigenvalue weighted by molar-refractivity contribution is 0.126. The third-order valence-corrected chi connectivity index (χ3v) is 5.78. The van der Waals surface area contributed by atoms with Crippen LogP contribution in [0.1, 0.15) is 44.6 Å². The van der Waals surface area contributed by atoms with Crippen LogP contribution >= 0.6 is 0 Å². The molecule has 0 unspecified atom stereocenters. The second-order valence-electron chi connectivity index (χ2n) is 7.93. The Morgan fingerprint density at radius 3 is 2.46 bits per heavy atom. The second kappa shape index (κ2) is 11.4. The third kappa shape index (κ3) is 5.94. The summed E-state index contributed by atoms with van der Waals surface area (Å²) in [5.74, 6) is 1.07. The average molecular weight is 384 g/mol. The highest BCUT2D eigenvalue weighted by atomic mass is 16.5. The Balaban J connectivity index is 1.66. The molecule has 0 amide bonds. The number of hydrogen-bond acceptors (Lipinski definition) is 4. The van der Waals surface area contributed by atoms with Crippen molar-refractivity contribution in [2.75, 3.05) is 45.9 Å². The Bertz CT molecular complexity index is 710. The molecular formula is C24H37N3O. The summed E-state index contributed by atoms with van der Waals surface area (Å²) in [6.07, 6.45) is 6.05. The van der Waals surface area contributed by atoms with Gasteiger partial charge in [-0.1, -0.05) is 56.5 Å². The molecule has 4 heteroatoms. The number of nitrogens with two attached hydrogens (primary N) is 1. The highest BCUT2D eigenvalue weighted by molar-refractivity contribution is 5.87. The summed E-state index contributed by atoms with van der Waals surface area (Å²) >= 11 is 0. The summed E-state index contributed by atoms with van der Waals surface area (Å²) in [5, 5.41) is 2.64. The zero-order valence-corrected chi connectivity index (χ0v) is 17.5. The van der Waals surface area contributed by atoms with Gasteiger partial charge in [0.05, 0.1) is 6.61 Å². The molecule has 0 spiro atoms. The molecule has 4 nitrogen and oxygen atoms in total. The largest absolute Gasteiger partial charge is 0.493 e. The molecular weight excluding hydrogens is 346 g/mol. The van der Waals surface area contributed by atoms with Crippen molar-refractivity contribution in [3.63, 3.8) is 0 Å². The lowest BCUT2D eigenvalue weighted by Gasteiger charge is -2.35. The van der Waals surface area contributed by atoms with Gasteiger partial charge >= 0.3 is 0 Å². The van der Waals surface area contributed by atoms with E-state index >= 15 is 0 Å². The van der Waals surface area contributed by atoms with Crippen LogP contribution in [0.15, 0.2) is 36.4 Å². The number of unbranched alkanes of at least 4 members (excludes halogenated alkanes) is 3. The molecule has 0 aromatic heterocycles. The number of rotatable bonds is 11. The van der Waals surface area contributed by atoms with Crippen molar-refractivity contribution in [3.8, 4) is 5.75 Å². The van der Waals surface area contributed by atoms with Gasteiger partial charge in [0.1, 0.15) is 5.75 Å². The van der Waals surface area contributed by atoms with Gasteiger partial charge in [0.25, 0.3) is 0 Å². The fourth-order valence-electron chi connectivity index (χ4n) is 4.03. The molecule has 1 heterocycles. The summed E-state index contributed by atoms with van der Waals surface area (Å²) < 4.78 is 6.26. The minimum absolute atomic E-state index is 0.787. The number of benzene rings is 2. The van der Waals surface area contributed by atoms with Crippen molar-refractivity contribution in [2.45, 2.75) is 45.6 Å². The van der Waals surface area contributed by atoms with Gasteiger partial charge in [-0.2, -0.15) is 0 Å². The average Bonchev–Trinajstić information content (AvgIpc) is 2.74. The van der Waals surface area contributed by atoms with Gasteiger partial charge in [-0.05, 0) is 42.8 Å². The van der Waals surface area contributed by atoms with E-state index in [2.05, 4.69) is 53.1 Å². The summed E-state index contributed by atoms with van der Waals surface area (Å²) in [6.45, 7) is 10.5. The van der Waals surface area contributed by atoms with Crippen molar-refractivity contribution < 1.29 is 4.74 Å². The molecule has 0 saturated carbocycles. The van der Waals surface area contributed by atoms with Crippen molar-refractivity contribution >= 4 is 10.8 Å². The fraction of sp³-hybridized carbons (Fsp3) is 0.583. The first-order valence-electron chi connectivity index (χ1n) is 11.1. The van der Waals surface area contributed by atoms with Crippen LogP contribution in [0.5, 0.6) is 5.75 Å². The van der Waals surface area contributed by atoms with E-state index in [1.807, 2.05) is 0 Å². The highest BCUT2D eigenvalue weighted by Gasteiger charge is 2.19. The summed E-state index contributed by atoms with van der Waals surface area (Å²) in [5.41, 5.74) is 7.01. The van der Waals surface area contributed by atoms with Gasteiger partial charge in [-0.15, -0.1) is 0 Å². The molecule has 2 aromatic rings. The summed E-state index contributed by atoms with van der Waals surface area (Å²) in [6, 6.07) is 13.1. The van der Waals surface area contributed by atoms with Crippen LogP contribution in [0.25, 0.3) is 10.8 Å². The fourth-order valence-corrected chi connectivity index (χ4v) is 4.03. The molecule has 2 aromatic carbocycles. The molecule has 0 aliphatic carbocycles. The van der Waals surface area contributed by atoms with E-state index in [-0.39, 0.29) is 0 Å². The van der Waals surface area contributed by atoms with E-state index in [0.29, 0.717) is 0 Å². The minimum Gasteiger partial charge on any atom is -0.493 e. The van der Waals surface area contributed by atoms with Crippen molar-refractivity contribution in [1.29, 1.82) is 0 Å². The van der Waals surface area contributed by atoms with Crippen molar-refractivity contribution in [3.05, 3.63) is 42.0 Å². The summed E-state index contributed by atoms with van der Waals surface area (Å²) in [7, 11) is 0. The van der Waals surface area contributed by atoms with Crippen LogP contribution < -0.4 is 10.5 Å². The number of fused-ring (bicyclic) bond motifs is 1. The van der Waals surface area contributed by atoms with Crippen LogP contribution in [-0.2, 0) is 6.54 Å². The Kier molecular flexibility index (Phi) is 8.59. The van der Waals surface area contributed by atoms with Gasteiger partial charge in [-0.25, -0.2) is 0 Å². The summed E-state index contributed by atoms with van der Waals surface area (Å²) in [4.78, 5) is 5.11. The van der Waals surface area contributed by atoms with Gasteiger partial charge in [0.15, 0.2) is 0 Å². The predicted molar refractivity (Wildman–Crippen MR) is 119 cm³/mol. The number of hydrogen-bond donors (Lipinski definition) is 1. The standard InChI is InChI=1S/C24H37N3O/c1-2-3-4-7-19-28-24-12-11-21-9-5-6-10-22(21)23(24)20-27-17-15-26(16-18-27)14-8-13-25/h5-6,9-12H,2-4,7-8,13-20,25H2,1H3. The zero-order valence-electron chi connectivity index (χ0n) is 17.5. The number of piperazine rings is 1. The predicted octanol–water partition coefficient (Wildman–Crippen LogP) is 4.27. The van der Waals surface area contributed by atoms with Crippen LogP contribution in [0.4, 0.5) is 0 Å². The van der Waals surface area contributed by atoms with E-state index in [4.69, 9.17) is 10.5 Å². The molecule has 3 rings (SSSR count). The lowest BCUT2D eigenvalue weighted by atomic mass is 10.0. The first-order chi connectivity index (χ1) is 13.8. The molecule has 0 bridgehead atoms. The molecule has 1 fully saturated rings. The normalized spacial score (nSPS) is 15.9. The van der Waals surface area contributed by atoms with Crippen LogP contribution in [0, 0.1) is 0 Å².